The van der Waals surface area contributed by atoms with Crippen LogP contribution in [-0.2, 0) is 10.0 Å². The van der Waals surface area contributed by atoms with Crippen molar-refractivity contribution in [2.45, 2.75) is 18.7 Å². The Labute approximate surface area is 195 Å². The molecule has 1 heterocycles. The second-order valence-corrected chi connectivity index (χ2v) is 10.3. The number of benzene rings is 3. The molecule has 1 unspecified atom stereocenters. The molecule has 1 aliphatic heterocycles. The number of ether oxygens (including phenoxy) is 1. The molecular formula is C27H27NO4S. The van der Waals surface area contributed by atoms with Gasteiger partial charge in [0.25, 0.3) is 0 Å². The summed E-state index contributed by atoms with van der Waals surface area (Å²) in [5, 5.41) is 0. The van der Waals surface area contributed by atoms with E-state index in [1.54, 1.807) is 55.6 Å². The molecule has 0 amide bonds. The molecule has 0 spiro atoms. The molecule has 0 aliphatic carbocycles. The summed E-state index contributed by atoms with van der Waals surface area (Å²) in [5.74, 6) is 0.354. The topological polar surface area (TPSA) is 63.7 Å². The summed E-state index contributed by atoms with van der Waals surface area (Å²) in [6, 6.07) is 23.4. The first-order chi connectivity index (χ1) is 15.8. The van der Waals surface area contributed by atoms with Crippen LogP contribution in [0.2, 0.25) is 0 Å². The van der Waals surface area contributed by atoms with E-state index in [0.29, 0.717) is 23.4 Å². The van der Waals surface area contributed by atoms with E-state index in [1.807, 2.05) is 44.2 Å². The lowest BCUT2D eigenvalue weighted by molar-refractivity contribution is 0.105. The average Bonchev–Trinajstić information content (AvgIpc) is 3.22. The molecule has 4 rings (SSSR count). The summed E-state index contributed by atoms with van der Waals surface area (Å²) in [6.45, 7) is 4.40. The molecule has 0 saturated carbocycles. The number of hydrogen-bond acceptors (Lipinski definition) is 4. The highest BCUT2D eigenvalue weighted by Gasteiger charge is 2.36. The molecule has 1 fully saturated rings. The van der Waals surface area contributed by atoms with E-state index in [4.69, 9.17) is 4.74 Å². The van der Waals surface area contributed by atoms with Gasteiger partial charge in [0.1, 0.15) is 5.75 Å². The van der Waals surface area contributed by atoms with Crippen molar-refractivity contribution >= 4 is 21.4 Å². The van der Waals surface area contributed by atoms with Crippen LogP contribution >= 0.6 is 0 Å². The Morgan fingerprint density at radius 1 is 0.939 bits per heavy atom. The number of ketones is 1. The van der Waals surface area contributed by atoms with Crippen LogP contribution < -0.4 is 4.74 Å². The fourth-order valence-electron chi connectivity index (χ4n) is 4.17. The number of carbonyl (C=O) groups excluding carboxylic acids is 1. The number of Topliss-reactive ketones (excluding diaryl/α,β-unsaturated/α-hetero) is 1. The molecule has 1 saturated heterocycles. The van der Waals surface area contributed by atoms with Gasteiger partial charge in [0.15, 0.2) is 5.78 Å². The molecule has 0 aromatic heterocycles. The largest absolute Gasteiger partial charge is 0.497 e. The molecule has 33 heavy (non-hydrogen) atoms. The van der Waals surface area contributed by atoms with E-state index in [0.717, 1.165) is 16.7 Å². The third-order valence-electron chi connectivity index (χ3n) is 6.02. The summed E-state index contributed by atoms with van der Waals surface area (Å²) in [7, 11) is -2.11. The molecule has 0 N–H and O–H groups in total. The van der Waals surface area contributed by atoms with Gasteiger partial charge in [-0.3, -0.25) is 4.79 Å². The number of rotatable bonds is 6. The molecule has 5 nitrogen and oxygen atoms in total. The summed E-state index contributed by atoms with van der Waals surface area (Å²) in [6.07, 6.45) is 0. The monoisotopic (exact) mass is 461 g/mol. The fourth-order valence-corrected chi connectivity index (χ4v) is 5.68. The van der Waals surface area contributed by atoms with Crippen LogP contribution in [0, 0.1) is 12.8 Å². The molecule has 170 valence electrons. The van der Waals surface area contributed by atoms with Crippen LogP contribution in [0.4, 0.5) is 0 Å². The Hall–Kier alpha value is -3.22. The van der Waals surface area contributed by atoms with Crippen molar-refractivity contribution in [2.24, 2.45) is 5.92 Å². The van der Waals surface area contributed by atoms with Crippen molar-refractivity contribution in [1.82, 2.24) is 4.31 Å². The fraction of sp³-hybridized carbons (Fsp3) is 0.222. The van der Waals surface area contributed by atoms with E-state index >= 15 is 0 Å². The first-order valence-electron chi connectivity index (χ1n) is 10.9. The van der Waals surface area contributed by atoms with Crippen LogP contribution in [-0.4, -0.2) is 38.7 Å². The number of methoxy groups -OCH3 is 1. The second kappa shape index (κ2) is 9.33. The minimum absolute atomic E-state index is 0.102. The molecule has 0 radical (unpaired) electrons. The van der Waals surface area contributed by atoms with Gasteiger partial charge >= 0.3 is 0 Å². The Bertz CT molecular complexity index is 1300. The third-order valence-corrected chi connectivity index (χ3v) is 7.85. The van der Waals surface area contributed by atoms with Crippen molar-refractivity contribution in [1.29, 1.82) is 0 Å². The zero-order chi connectivity index (χ0) is 23.6. The van der Waals surface area contributed by atoms with Gasteiger partial charge in [-0.2, -0.15) is 4.31 Å². The SMILES string of the molecule is COc1cccc(C(=O)/C(=C2/CN(S(=O)(=O)c3ccc(C)cc3)CC2C)c2ccccc2)c1. The average molecular weight is 462 g/mol. The van der Waals surface area contributed by atoms with Gasteiger partial charge in [-0.25, -0.2) is 8.42 Å². The number of allylic oxidation sites excluding steroid dienone is 1. The summed E-state index contributed by atoms with van der Waals surface area (Å²) < 4.78 is 33.4. The third kappa shape index (κ3) is 4.63. The Morgan fingerprint density at radius 2 is 1.61 bits per heavy atom. The van der Waals surface area contributed by atoms with Gasteiger partial charge in [0.2, 0.25) is 10.0 Å². The van der Waals surface area contributed by atoms with Crippen LogP contribution in [0.5, 0.6) is 5.75 Å². The quantitative estimate of drug-likeness (QED) is 0.384. The molecule has 3 aromatic rings. The predicted octanol–water partition coefficient (Wildman–Crippen LogP) is 4.98. The minimum Gasteiger partial charge on any atom is -0.497 e. The number of carbonyl (C=O) groups is 1. The lowest BCUT2D eigenvalue weighted by Crippen LogP contribution is -2.28. The molecule has 1 aliphatic rings. The lowest BCUT2D eigenvalue weighted by Gasteiger charge is -2.16. The van der Waals surface area contributed by atoms with Crippen molar-refractivity contribution in [3.05, 3.63) is 101 Å². The maximum Gasteiger partial charge on any atom is 0.243 e. The number of sulfonamides is 1. The standard InChI is InChI=1S/C27H27NO4S/c1-19-12-14-24(15-13-19)33(30,31)28-17-20(2)25(18-28)26(21-8-5-4-6-9-21)27(29)22-10-7-11-23(16-22)32-3/h4-16,20H,17-18H2,1-3H3/b26-25-. The second-order valence-electron chi connectivity index (χ2n) is 8.34. The summed E-state index contributed by atoms with van der Waals surface area (Å²) in [4.78, 5) is 14.0. The number of nitrogens with zero attached hydrogens (tertiary/aromatic N) is 1. The van der Waals surface area contributed by atoms with E-state index in [9.17, 15) is 13.2 Å². The minimum atomic E-state index is -3.67. The molecule has 3 aromatic carbocycles. The zero-order valence-corrected chi connectivity index (χ0v) is 19.8. The van der Waals surface area contributed by atoms with E-state index in [2.05, 4.69) is 0 Å². The lowest BCUT2D eigenvalue weighted by atomic mass is 9.88. The predicted molar refractivity (Wildman–Crippen MR) is 130 cm³/mol. The van der Waals surface area contributed by atoms with Gasteiger partial charge in [-0.1, -0.05) is 67.1 Å². The van der Waals surface area contributed by atoms with Gasteiger partial charge in [-0.15, -0.1) is 0 Å². The number of aryl methyl sites for hydroxylation is 1. The molecule has 6 heteroatoms. The molecular weight excluding hydrogens is 434 g/mol. The van der Waals surface area contributed by atoms with E-state index in [-0.39, 0.29) is 23.1 Å². The maximum absolute atomic E-state index is 13.7. The smallest absolute Gasteiger partial charge is 0.243 e. The van der Waals surface area contributed by atoms with Crippen molar-refractivity contribution in [2.75, 3.05) is 20.2 Å². The highest BCUT2D eigenvalue weighted by atomic mass is 32.2. The Kier molecular flexibility index (Phi) is 6.49. The van der Waals surface area contributed by atoms with E-state index < -0.39 is 10.0 Å². The summed E-state index contributed by atoms with van der Waals surface area (Å²) in [5.41, 5.74) is 3.66. The van der Waals surface area contributed by atoms with Crippen LogP contribution in [0.15, 0.2) is 89.3 Å². The normalized spacial score (nSPS) is 18.2. The van der Waals surface area contributed by atoms with Crippen LogP contribution in [0.1, 0.15) is 28.4 Å². The maximum atomic E-state index is 13.7. The highest BCUT2D eigenvalue weighted by molar-refractivity contribution is 7.89. The van der Waals surface area contributed by atoms with Crippen molar-refractivity contribution in [3.63, 3.8) is 0 Å². The van der Waals surface area contributed by atoms with Crippen molar-refractivity contribution < 1.29 is 17.9 Å². The van der Waals surface area contributed by atoms with Gasteiger partial charge in [-0.05, 0) is 48.2 Å². The van der Waals surface area contributed by atoms with Gasteiger partial charge in [0, 0.05) is 24.2 Å². The van der Waals surface area contributed by atoms with Crippen LogP contribution in [0.25, 0.3) is 5.57 Å². The number of hydrogen-bond donors (Lipinski definition) is 0. The summed E-state index contributed by atoms with van der Waals surface area (Å²) >= 11 is 0. The van der Waals surface area contributed by atoms with Crippen LogP contribution in [0.3, 0.4) is 0 Å². The van der Waals surface area contributed by atoms with E-state index in [1.165, 1.54) is 4.31 Å². The molecule has 0 bridgehead atoms. The Morgan fingerprint density at radius 3 is 2.27 bits per heavy atom. The van der Waals surface area contributed by atoms with Gasteiger partial charge < -0.3 is 4.74 Å². The highest BCUT2D eigenvalue weighted by Crippen LogP contribution is 2.35. The zero-order valence-electron chi connectivity index (χ0n) is 19.0. The Balaban J connectivity index is 1.79. The van der Waals surface area contributed by atoms with Gasteiger partial charge in [0.05, 0.1) is 12.0 Å². The first kappa shape index (κ1) is 23.0. The first-order valence-corrected chi connectivity index (χ1v) is 12.3. The molecule has 1 atom stereocenters. The van der Waals surface area contributed by atoms with Crippen molar-refractivity contribution in [3.8, 4) is 5.75 Å².